The number of anilines is 2. The van der Waals surface area contributed by atoms with Crippen LogP contribution in [-0.4, -0.2) is 19.6 Å². The molecule has 110 valence electrons. The third-order valence-electron chi connectivity index (χ3n) is 3.13. The van der Waals surface area contributed by atoms with Gasteiger partial charge in [0.1, 0.15) is 6.61 Å². The minimum absolute atomic E-state index is 0.0606. The molecule has 2 aromatic rings. The summed E-state index contributed by atoms with van der Waals surface area (Å²) in [5, 5.41) is 6.19. The van der Waals surface area contributed by atoms with Crippen molar-refractivity contribution in [3.05, 3.63) is 60.2 Å². The highest BCUT2D eigenvalue weighted by Crippen LogP contribution is 2.20. The van der Waals surface area contributed by atoms with Gasteiger partial charge in [-0.25, -0.2) is 0 Å². The molecule has 0 aliphatic heterocycles. The summed E-state index contributed by atoms with van der Waals surface area (Å²) >= 11 is 0. The number of carbonyl (C=O) groups is 1. The third-order valence-corrected chi connectivity index (χ3v) is 3.13. The highest BCUT2D eigenvalue weighted by Gasteiger charge is 2.05. The highest BCUT2D eigenvalue weighted by atomic mass is 16.5. The Balaban J connectivity index is 1.95. The first-order chi connectivity index (χ1) is 10.2. The number of hydrogen-bond donors (Lipinski definition) is 2. The third kappa shape index (κ3) is 4.61. The van der Waals surface area contributed by atoms with Crippen LogP contribution in [0.1, 0.15) is 18.5 Å². The van der Waals surface area contributed by atoms with E-state index in [1.54, 1.807) is 0 Å². The van der Waals surface area contributed by atoms with Crippen LogP contribution in [0.3, 0.4) is 0 Å². The van der Waals surface area contributed by atoms with Gasteiger partial charge < -0.3 is 15.4 Å². The maximum atomic E-state index is 11.4. The quantitative estimate of drug-likeness (QED) is 0.854. The molecule has 0 bridgehead atoms. The molecule has 0 saturated carbocycles. The van der Waals surface area contributed by atoms with Crippen LogP contribution in [-0.2, 0) is 9.53 Å². The summed E-state index contributed by atoms with van der Waals surface area (Å²) in [5.74, 6) is -0.157. The molecule has 4 heteroatoms. The lowest BCUT2D eigenvalue weighted by Gasteiger charge is -2.16. The Morgan fingerprint density at radius 2 is 1.67 bits per heavy atom. The van der Waals surface area contributed by atoms with Crippen molar-refractivity contribution < 1.29 is 9.53 Å². The second kappa shape index (κ2) is 7.45. The molecule has 0 aromatic heterocycles. The van der Waals surface area contributed by atoms with Gasteiger partial charge in [-0.05, 0) is 36.8 Å². The van der Waals surface area contributed by atoms with Crippen molar-refractivity contribution in [2.45, 2.75) is 13.0 Å². The summed E-state index contributed by atoms with van der Waals surface area (Å²) in [6, 6.07) is 18.1. The fourth-order valence-corrected chi connectivity index (χ4v) is 2.05. The topological polar surface area (TPSA) is 50.4 Å². The van der Waals surface area contributed by atoms with Crippen LogP contribution in [0.15, 0.2) is 54.6 Å². The smallest absolute Gasteiger partial charge is 0.250 e. The van der Waals surface area contributed by atoms with E-state index in [2.05, 4.69) is 29.7 Å². The molecule has 0 fully saturated rings. The maximum absolute atomic E-state index is 11.4. The monoisotopic (exact) mass is 284 g/mol. The normalized spacial score (nSPS) is 11.7. The van der Waals surface area contributed by atoms with Crippen molar-refractivity contribution in [1.29, 1.82) is 0 Å². The molecule has 0 saturated heterocycles. The Morgan fingerprint density at radius 3 is 2.29 bits per heavy atom. The standard InChI is InChI=1S/C17H20N2O2/c1-13(14-6-4-3-5-7-14)18-15-8-10-16(11-9-15)19-17(20)12-21-2/h3-11,13,18H,12H2,1-2H3,(H,19,20). The van der Waals surface area contributed by atoms with Crippen molar-refractivity contribution in [2.75, 3.05) is 24.4 Å². The molecule has 0 radical (unpaired) electrons. The van der Waals surface area contributed by atoms with Crippen molar-refractivity contribution in [3.8, 4) is 0 Å². The van der Waals surface area contributed by atoms with Gasteiger partial charge in [0.05, 0.1) is 0 Å². The number of carbonyl (C=O) groups excluding carboxylic acids is 1. The molecule has 21 heavy (non-hydrogen) atoms. The maximum Gasteiger partial charge on any atom is 0.250 e. The van der Waals surface area contributed by atoms with Crippen molar-refractivity contribution in [1.82, 2.24) is 0 Å². The number of rotatable bonds is 6. The fourth-order valence-electron chi connectivity index (χ4n) is 2.05. The molecule has 0 aliphatic carbocycles. The van der Waals surface area contributed by atoms with Gasteiger partial charge in [0.2, 0.25) is 5.91 Å². The van der Waals surface area contributed by atoms with Gasteiger partial charge in [0, 0.05) is 24.5 Å². The van der Waals surface area contributed by atoms with E-state index in [1.807, 2.05) is 42.5 Å². The number of methoxy groups -OCH3 is 1. The summed E-state index contributed by atoms with van der Waals surface area (Å²) in [4.78, 5) is 11.4. The van der Waals surface area contributed by atoms with Gasteiger partial charge in [-0.2, -0.15) is 0 Å². The van der Waals surface area contributed by atoms with Crippen LogP contribution < -0.4 is 10.6 Å². The van der Waals surface area contributed by atoms with Crippen LogP contribution >= 0.6 is 0 Å². The zero-order valence-electron chi connectivity index (χ0n) is 12.3. The van der Waals surface area contributed by atoms with E-state index in [1.165, 1.54) is 12.7 Å². The number of hydrogen-bond acceptors (Lipinski definition) is 3. The summed E-state index contributed by atoms with van der Waals surface area (Å²) < 4.78 is 4.78. The Hall–Kier alpha value is -2.33. The molecule has 4 nitrogen and oxygen atoms in total. The largest absolute Gasteiger partial charge is 0.379 e. The number of nitrogens with one attached hydrogen (secondary N) is 2. The lowest BCUT2D eigenvalue weighted by molar-refractivity contribution is -0.119. The van der Waals surface area contributed by atoms with Gasteiger partial charge >= 0.3 is 0 Å². The van der Waals surface area contributed by atoms with E-state index >= 15 is 0 Å². The summed E-state index contributed by atoms with van der Waals surface area (Å²) in [6.07, 6.45) is 0. The first kappa shape index (κ1) is 15.1. The van der Waals surface area contributed by atoms with Crippen molar-refractivity contribution >= 4 is 17.3 Å². The number of amides is 1. The van der Waals surface area contributed by atoms with E-state index in [-0.39, 0.29) is 18.6 Å². The molecule has 1 unspecified atom stereocenters. The van der Waals surface area contributed by atoms with E-state index < -0.39 is 0 Å². The SMILES string of the molecule is COCC(=O)Nc1ccc(NC(C)c2ccccc2)cc1. The minimum atomic E-state index is -0.157. The molecular formula is C17H20N2O2. The molecule has 0 aliphatic rings. The molecular weight excluding hydrogens is 264 g/mol. The molecule has 2 N–H and O–H groups in total. The van der Waals surface area contributed by atoms with E-state index in [9.17, 15) is 4.79 Å². The van der Waals surface area contributed by atoms with Crippen molar-refractivity contribution in [2.24, 2.45) is 0 Å². The van der Waals surface area contributed by atoms with Crippen LogP contribution in [0.2, 0.25) is 0 Å². The average molecular weight is 284 g/mol. The van der Waals surface area contributed by atoms with Crippen LogP contribution in [0.25, 0.3) is 0 Å². The zero-order valence-corrected chi connectivity index (χ0v) is 12.3. The lowest BCUT2D eigenvalue weighted by atomic mass is 10.1. The van der Waals surface area contributed by atoms with Crippen LogP contribution in [0.4, 0.5) is 11.4 Å². The summed E-state index contributed by atoms with van der Waals surface area (Å²) in [7, 11) is 1.50. The molecule has 1 amide bonds. The van der Waals surface area contributed by atoms with Gasteiger partial charge in [-0.15, -0.1) is 0 Å². The number of benzene rings is 2. The van der Waals surface area contributed by atoms with Gasteiger partial charge in [0.15, 0.2) is 0 Å². The average Bonchev–Trinajstić information content (AvgIpc) is 2.50. The van der Waals surface area contributed by atoms with E-state index in [4.69, 9.17) is 4.74 Å². The first-order valence-corrected chi connectivity index (χ1v) is 6.89. The second-order valence-corrected chi connectivity index (χ2v) is 4.84. The Labute approximate surface area is 125 Å². The highest BCUT2D eigenvalue weighted by molar-refractivity contribution is 5.91. The Bertz CT molecular complexity index is 567. The van der Waals surface area contributed by atoms with Gasteiger partial charge in [-0.1, -0.05) is 30.3 Å². The van der Waals surface area contributed by atoms with E-state index in [0.717, 1.165) is 11.4 Å². The summed E-state index contributed by atoms with van der Waals surface area (Å²) in [5.41, 5.74) is 3.00. The second-order valence-electron chi connectivity index (χ2n) is 4.84. The zero-order chi connectivity index (χ0) is 15.1. The van der Waals surface area contributed by atoms with Crippen LogP contribution in [0.5, 0.6) is 0 Å². The van der Waals surface area contributed by atoms with Gasteiger partial charge in [0.25, 0.3) is 0 Å². The molecule has 2 aromatic carbocycles. The Morgan fingerprint density at radius 1 is 1.05 bits per heavy atom. The lowest BCUT2D eigenvalue weighted by Crippen LogP contribution is -2.17. The Kier molecular flexibility index (Phi) is 5.35. The predicted octanol–water partition coefficient (Wildman–Crippen LogP) is 3.44. The van der Waals surface area contributed by atoms with Crippen LogP contribution in [0, 0.1) is 0 Å². The molecule has 0 heterocycles. The number of ether oxygens (including phenoxy) is 1. The first-order valence-electron chi connectivity index (χ1n) is 6.89. The molecule has 1 atom stereocenters. The van der Waals surface area contributed by atoms with Crippen molar-refractivity contribution in [3.63, 3.8) is 0 Å². The fraction of sp³-hybridized carbons (Fsp3) is 0.235. The molecule has 2 rings (SSSR count). The molecule has 0 spiro atoms. The summed E-state index contributed by atoms with van der Waals surface area (Å²) in [6.45, 7) is 2.18. The predicted molar refractivity (Wildman–Crippen MR) is 85.4 cm³/mol. The van der Waals surface area contributed by atoms with Gasteiger partial charge in [-0.3, -0.25) is 4.79 Å². The van der Waals surface area contributed by atoms with E-state index in [0.29, 0.717) is 0 Å². The minimum Gasteiger partial charge on any atom is -0.379 e.